The Morgan fingerprint density at radius 3 is 2.39 bits per heavy atom. The highest BCUT2D eigenvalue weighted by Crippen LogP contribution is 2.25. The van der Waals surface area contributed by atoms with Crippen LogP contribution in [-0.2, 0) is 6.42 Å². The molecule has 0 amide bonds. The molecule has 1 aromatic rings. The monoisotopic (exact) mass is 268 g/mol. The molecule has 104 valence electrons. The van der Waals surface area contributed by atoms with Gasteiger partial charge in [0.05, 0.1) is 6.61 Å². The lowest BCUT2D eigenvalue weighted by Crippen LogP contribution is -2.01. The molecule has 0 aliphatic rings. The van der Waals surface area contributed by atoms with Crippen molar-refractivity contribution in [3.63, 3.8) is 0 Å². The Bertz CT molecular complexity index is 321. The van der Waals surface area contributed by atoms with Gasteiger partial charge in [0.15, 0.2) is 0 Å². The molecule has 0 atom stereocenters. The van der Waals surface area contributed by atoms with Gasteiger partial charge in [-0.15, -0.1) is 0 Å². The minimum absolute atomic E-state index is 0.557. The minimum Gasteiger partial charge on any atom is -0.493 e. The van der Waals surface area contributed by atoms with Crippen LogP contribution in [0.15, 0.2) is 18.2 Å². The Hall–Kier alpha value is -0.630. The molecule has 0 unspecified atom stereocenters. The third-order valence-corrected chi connectivity index (χ3v) is 2.80. The SMILES string of the molecule is CC.CCCc1ccc(OCCS)cc1C(C)C. The van der Waals surface area contributed by atoms with Crippen LogP contribution in [0.3, 0.4) is 0 Å². The van der Waals surface area contributed by atoms with Crippen molar-refractivity contribution in [2.75, 3.05) is 12.4 Å². The van der Waals surface area contributed by atoms with E-state index in [0.717, 1.165) is 17.9 Å². The Morgan fingerprint density at radius 2 is 1.89 bits per heavy atom. The molecule has 0 radical (unpaired) electrons. The first-order valence-corrected chi connectivity index (χ1v) is 7.68. The Balaban J connectivity index is 0.00000137. The average molecular weight is 268 g/mol. The predicted octanol–water partition coefficient (Wildman–Crippen LogP) is 5.10. The molecule has 0 spiro atoms. The summed E-state index contributed by atoms with van der Waals surface area (Å²) in [5.74, 6) is 2.28. The fourth-order valence-corrected chi connectivity index (χ4v) is 1.95. The molecule has 2 heteroatoms. The summed E-state index contributed by atoms with van der Waals surface area (Å²) in [6, 6.07) is 6.45. The van der Waals surface area contributed by atoms with E-state index in [9.17, 15) is 0 Å². The van der Waals surface area contributed by atoms with Crippen LogP contribution >= 0.6 is 12.6 Å². The second-order valence-corrected chi connectivity index (χ2v) is 4.78. The van der Waals surface area contributed by atoms with Crippen LogP contribution in [0.2, 0.25) is 0 Å². The molecule has 1 rings (SSSR count). The van der Waals surface area contributed by atoms with E-state index in [-0.39, 0.29) is 0 Å². The van der Waals surface area contributed by atoms with Gasteiger partial charge in [-0.3, -0.25) is 0 Å². The summed E-state index contributed by atoms with van der Waals surface area (Å²) in [6.45, 7) is 11.4. The second-order valence-electron chi connectivity index (χ2n) is 4.34. The van der Waals surface area contributed by atoms with Crippen molar-refractivity contribution < 1.29 is 4.74 Å². The van der Waals surface area contributed by atoms with Gasteiger partial charge in [-0.25, -0.2) is 0 Å². The molecular weight excluding hydrogens is 240 g/mol. The van der Waals surface area contributed by atoms with E-state index in [2.05, 4.69) is 51.6 Å². The molecule has 0 fully saturated rings. The molecule has 0 heterocycles. The highest BCUT2D eigenvalue weighted by Gasteiger charge is 2.07. The van der Waals surface area contributed by atoms with Crippen LogP contribution in [0, 0.1) is 0 Å². The highest BCUT2D eigenvalue weighted by molar-refractivity contribution is 7.80. The van der Waals surface area contributed by atoms with E-state index in [4.69, 9.17) is 4.74 Å². The molecule has 0 aromatic heterocycles. The maximum absolute atomic E-state index is 5.60. The number of hydrogen-bond acceptors (Lipinski definition) is 2. The fraction of sp³-hybridized carbons (Fsp3) is 0.625. The van der Waals surface area contributed by atoms with Crippen molar-refractivity contribution in [1.82, 2.24) is 0 Å². The molecule has 0 aliphatic carbocycles. The van der Waals surface area contributed by atoms with Crippen LogP contribution in [0.25, 0.3) is 0 Å². The normalized spacial score (nSPS) is 9.94. The number of rotatable bonds is 6. The van der Waals surface area contributed by atoms with E-state index < -0.39 is 0 Å². The van der Waals surface area contributed by atoms with E-state index in [1.807, 2.05) is 13.8 Å². The minimum atomic E-state index is 0.557. The molecule has 0 aliphatic heterocycles. The number of benzene rings is 1. The average Bonchev–Trinajstić information content (AvgIpc) is 2.40. The number of aryl methyl sites for hydroxylation is 1. The lowest BCUT2D eigenvalue weighted by atomic mass is 9.94. The maximum atomic E-state index is 5.60. The van der Waals surface area contributed by atoms with Crippen molar-refractivity contribution in [3.8, 4) is 5.75 Å². The summed E-state index contributed by atoms with van der Waals surface area (Å²) in [5, 5.41) is 0. The third-order valence-electron chi connectivity index (χ3n) is 2.62. The van der Waals surface area contributed by atoms with E-state index in [1.54, 1.807) is 0 Å². The first-order valence-electron chi connectivity index (χ1n) is 7.05. The number of hydrogen-bond donors (Lipinski definition) is 1. The molecule has 0 saturated heterocycles. The molecule has 18 heavy (non-hydrogen) atoms. The quantitative estimate of drug-likeness (QED) is 0.706. The van der Waals surface area contributed by atoms with Gasteiger partial charge in [0, 0.05) is 5.75 Å². The van der Waals surface area contributed by atoms with Gasteiger partial charge >= 0.3 is 0 Å². The summed E-state index contributed by atoms with van der Waals surface area (Å²) in [6.07, 6.45) is 2.34. The molecule has 0 N–H and O–H groups in total. The maximum Gasteiger partial charge on any atom is 0.119 e. The summed E-state index contributed by atoms with van der Waals surface area (Å²) in [5.41, 5.74) is 2.87. The summed E-state index contributed by atoms with van der Waals surface area (Å²) in [7, 11) is 0. The van der Waals surface area contributed by atoms with Gasteiger partial charge in [-0.05, 0) is 35.6 Å². The summed E-state index contributed by atoms with van der Waals surface area (Å²) < 4.78 is 5.60. The topological polar surface area (TPSA) is 9.23 Å². The van der Waals surface area contributed by atoms with Crippen molar-refractivity contribution in [2.45, 2.75) is 53.4 Å². The van der Waals surface area contributed by atoms with Gasteiger partial charge in [0.25, 0.3) is 0 Å². The van der Waals surface area contributed by atoms with Crippen LogP contribution < -0.4 is 4.74 Å². The van der Waals surface area contributed by atoms with Gasteiger partial charge < -0.3 is 4.74 Å². The van der Waals surface area contributed by atoms with Crippen molar-refractivity contribution in [2.24, 2.45) is 0 Å². The molecular formula is C16H28OS. The zero-order chi connectivity index (χ0) is 14.0. The van der Waals surface area contributed by atoms with Crippen molar-refractivity contribution in [3.05, 3.63) is 29.3 Å². The highest BCUT2D eigenvalue weighted by atomic mass is 32.1. The molecule has 1 nitrogen and oxygen atoms in total. The smallest absolute Gasteiger partial charge is 0.119 e. The predicted molar refractivity (Wildman–Crippen MR) is 85.2 cm³/mol. The second kappa shape index (κ2) is 10.3. The largest absolute Gasteiger partial charge is 0.493 e. The van der Waals surface area contributed by atoms with E-state index in [0.29, 0.717) is 12.5 Å². The van der Waals surface area contributed by atoms with Crippen LogP contribution in [0.4, 0.5) is 0 Å². The molecule has 0 bridgehead atoms. The number of ether oxygens (including phenoxy) is 1. The Morgan fingerprint density at radius 1 is 1.22 bits per heavy atom. The van der Waals surface area contributed by atoms with Crippen LogP contribution in [0.1, 0.15) is 58.1 Å². The molecule has 1 aromatic carbocycles. The zero-order valence-corrected chi connectivity index (χ0v) is 13.4. The summed E-state index contributed by atoms with van der Waals surface area (Å²) >= 11 is 4.15. The van der Waals surface area contributed by atoms with E-state index in [1.165, 1.54) is 17.5 Å². The lowest BCUT2D eigenvalue weighted by molar-refractivity contribution is 0.343. The van der Waals surface area contributed by atoms with Crippen molar-refractivity contribution in [1.29, 1.82) is 0 Å². The van der Waals surface area contributed by atoms with E-state index >= 15 is 0 Å². The fourth-order valence-electron chi connectivity index (χ4n) is 1.86. The third kappa shape index (κ3) is 5.81. The van der Waals surface area contributed by atoms with Crippen LogP contribution in [-0.4, -0.2) is 12.4 Å². The first-order chi connectivity index (χ1) is 8.69. The molecule has 0 saturated carbocycles. The Kier molecular flexibility index (Phi) is 9.95. The van der Waals surface area contributed by atoms with Gasteiger partial charge in [0.2, 0.25) is 0 Å². The van der Waals surface area contributed by atoms with Gasteiger partial charge in [-0.2, -0.15) is 12.6 Å². The number of thiol groups is 1. The van der Waals surface area contributed by atoms with Gasteiger partial charge in [-0.1, -0.05) is 47.1 Å². The standard InChI is InChI=1S/C14H22OS.C2H6/c1-4-5-12-6-7-13(15-8-9-16)10-14(12)11(2)3;1-2/h6-7,10-11,16H,4-5,8-9H2,1-3H3;1-2H3. The van der Waals surface area contributed by atoms with Crippen molar-refractivity contribution >= 4 is 12.6 Å². The van der Waals surface area contributed by atoms with Gasteiger partial charge in [0.1, 0.15) is 5.75 Å². The zero-order valence-electron chi connectivity index (χ0n) is 12.5. The lowest BCUT2D eigenvalue weighted by Gasteiger charge is -2.14. The Labute approximate surface area is 118 Å². The summed E-state index contributed by atoms with van der Waals surface area (Å²) in [4.78, 5) is 0. The van der Waals surface area contributed by atoms with Crippen LogP contribution in [0.5, 0.6) is 5.75 Å². The first kappa shape index (κ1) is 17.4.